The quantitative estimate of drug-likeness (QED) is 0.667. The van der Waals surface area contributed by atoms with Crippen LogP contribution in [0.4, 0.5) is 0 Å². The van der Waals surface area contributed by atoms with Crippen LogP contribution in [0.15, 0.2) is 0 Å². The second kappa shape index (κ2) is 5.13. The van der Waals surface area contributed by atoms with Gasteiger partial charge in [-0.25, -0.2) is 0 Å². The highest BCUT2D eigenvalue weighted by Gasteiger charge is 2.42. The van der Waals surface area contributed by atoms with Gasteiger partial charge in [0.15, 0.2) is 0 Å². The molecule has 0 saturated heterocycles. The van der Waals surface area contributed by atoms with E-state index >= 15 is 0 Å². The lowest BCUT2D eigenvalue weighted by Gasteiger charge is -2.25. The normalized spacial score (nSPS) is 20.2. The van der Waals surface area contributed by atoms with E-state index in [9.17, 15) is 0 Å². The molecule has 1 atom stereocenters. The molecule has 2 N–H and O–H groups in total. The first-order chi connectivity index (χ1) is 7.43. The average Bonchev–Trinajstić information content (AvgIpc) is 3.08. The zero-order chi connectivity index (χ0) is 12.2. The number of nitrogens with zero attached hydrogens (tertiary/aromatic N) is 1. The van der Waals surface area contributed by atoms with Gasteiger partial charge in [-0.05, 0) is 39.0 Å². The Hall–Kier alpha value is -0.630. The first kappa shape index (κ1) is 13.4. The molecule has 0 radical (unpaired) electrons. The molecule has 0 spiro atoms. The number of rotatable bonds is 7. The Labute approximate surface area is 97.7 Å². The van der Waals surface area contributed by atoms with Crippen LogP contribution in [0.3, 0.4) is 0 Å². The lowest BCUT2D eigenvalue weighted by atomic mass is 9.98. The summed E-state index contributed by atoms with van der Waals surface area (Å²) in [4.78, 5) is 0. The molecule has 0 aromatic carbocycles. The summed E-state index contributed by atoms with van der Waals surface area (Å²) in [5.41, 5.74) is 5.01. The molecule has 1 rings (SSSR count). The molecule has 92 valence electrons. The van der Waals surface area contributed by atoms with E-state index in [1.54, 1.807) is 7.11 Å². The molecule has 4 nitrogen and oxygen atoms in total. The molecule has 1 unspecified atom stereocenters. The van der Waals surface area contributed by atoms with E-state index in [-0.39, 0.29) is 5.60 Å². The van der Waals surface area contributed by atoms with Crippen LogP contribution in [0, 0.1) is 17.2 Å². The number of ether oxygens (including phenoxy) is 2. The Bertz CT molecular complexity index is 269. The third kappa shape index (κ3) is 3.75. The lowest BCUT2D eigenvalue weighted by molar-refractivity contribution is -0.0146. The summed E-state index contributed by atoms with van der Waals surface area (Å²) < 4.78 is 10.8. The molecule has 0 heterocycles. The van der Waals surface area contributed by atoms with Gasteiger partial charge in [-0.1, -0.05) is 0 Å². The maximum absolute atomic E-state index is 9.02. The highest BCUT2D eigenvalue weighted by Crippen LogP contribution is 2.38. The maximum atomic E-state index is 9.02. The van der Waals surface area contributed by atoms with E-state index in [2.05, 4.69) is 6.07 Å². The summed E-state index contributed by atoms with van der Waals surface area (Å²) in [6.07, 6.45) is 2.91. The molecule has 0 amide bonds. The number of hydrogen-bond acceptors (Lipinski definition) is 4. The van der Waals surface area contributed by atoms with Gasteiger partial charge < -0.3 is 15.2 Å². The van der Waals surface area contributed by atoms with Crippen molar-refractivity contribution in [1.82, 2.24) is 0 Å². The fourth-order valence-corrected chi connectivity index (χ4v) is 1.50. The minimum absolute atomic E-state index is 0.177. The van der Waals surface area contributed by atoms with Crippen LogP contribution in [-0.2, 0) is 9.47 Å². The number of nitrogens with two attached hydrogens (primary N) is 1. The van der Waals surface area contributed by atoms with Gasteiger partial charge in [0.1, 0.15) is 5.54 Å². The second-order valence-electron chi connectivity index (χ2n) is 5.19. The average molecular weight is 226 g/mol. The Morgan fingerprint density at radius 1 is 1.44 bits per heavy atom. The molecule has 1 aliphatic rings. The molecule has 1 saturated carbocycles. The predicted octanol–water partition coefficient (Wildman–Crippen LogP) is 1.45. The molecule has 1 fully saturated rings. The molecule has 1 aliphatic carbocycles. The second-order valence-corrected chi connectivity index (χ2v) is 5.19. The highest BCUT2D eigenvalue weighted by atomic mass is 16.5. The zero-order valence-electron chi connectivity index (χ0n) is 10.5. The molecule has 0 aromatic heterocycles. The summed E-state index contributed by atoms with van der Waals surface area (Å²) >= 11 is 0. The van der Waals surface area contributed by atoms with Gasteiger partial charge in [-0.2, -0.15) is 5.26 Å². The van der Waals surface area contributed by atoms with Crippen molar-refractivity contribution in [2.45, 2.75) is 44.2 Å². The summed E-state index contributed by atoms with van der Waals surface area (Å²) in [6.45, 7) is 4.93. The summed E-state index contributed by atoms with van der Waals surface area (Å²) in [7, 11) is 1.69. The third-order valence-electron chi connectivity index (χ3n) is 3.26. The minimum Gasteiger partial charge on any atom is -0.379 e. The van der Waals surface area contributed by atoms with Crippen LogP contribution in [0.2, 0.25) is 0 Å². The van der Waals surface area contributed by atoms with Gasteiger partial charge in [-0.3, -0.25) is 0 Å². The van der Waals surface area contributed by atoms with Gasteiger partial charge >= 0.3 is 0 Å². The van der Waals surface area contributed by atoms with Crippen molar-refractivity contribution in [1.29, 1.82) is 5.26 Å². The number of nitriles is 1. The summed E-state index contributed by atoms with van der Waals surface area (Å²) in [6, 6.07) is 2.17. The smallest absolute Gasteiger partial charge is 0.130 e. The molecule has 4 heteroatoms. The van der Waals surface area contributed by atoms with Crippen LogP contribution in [0.25, 0.3) is 0 Å². The third-order valence-corrected chi connectivity index (χ3v) is 3.26. The van der Waals surface area contributed by atoms with Crippen molar-refractivity contribution in [2.24, 2.45) is 11.7 Å². The van der Waals surface area contributed by atoms with Gasteiger partial charge in [0.2, 0.25) is 0 Å². The first-order valence-corrected chi connectivity index (χ1v) is 5.76. The zero-order valence-corrected chi connectivity index (χ0v) is 10.5. The van der Waals surface area contributed by atoms with Crippen LogP contribution >= 0.6 is 0 Å². The van der Waals surface area contributed by atoms with Crippen molar-refractivity contribution in [3.8, 4) is 6.07 Å². The van der Waals surface area contributed by atoms with Crippen molar-refractivity contribution in [3.63, 3.8) is 0 Å². The van der Waals surface area contributed by atoms with E-state index in [0.717, 1.165) is 19.3 Å². The monoisotopic (exact) mass is 226 g/mol. The van der Waals surface area contributed by atoms with E-state index in [0.29, 0.717) is 19.1 Å². The Morgan fingerprint density at radius 2 is 2.06 bits per heavy atom. The van der Waals surface area contributed by atoms with Crippen LogP contribution in [0.1, 0.15) is 33.1 Å². The standard InChI is InChI=1S/C12H22N2O2/c1-11(2,15-3)6-7-16-9-12(14,8-13)10-4-5-10/h10H,4-7,9,14H2,1-3H3. The Morgan fingerprint density at radius 3 is 2.50 bits per heavy atom. The van der Waals surface area contributed by atoms with Gasteiger partial charge in [0.25, 0.3) is 0 Å². The largest absolute Gasteiger partial charge is 0.379 e. The molecular formula is C12H22N2O2. The van der Waals surface area contributed by atoms with Crippen molar-refractivity contribution < 1.29 is 9.47 Å². The van der Waals surface area contributed by atoms with Gasteiger partial charge in [0.05, 0.1) is 18.3 Å². The van der Waals surface area contributed by atoms with Crippen molar-refractivity contribution >= 4 is 0 Å². The SMILES string of the molecule is COC(C)(C)CCOCC(N)(C#N)C1CC1. The molecular weight excluding hydrogens is 204 g/mol. The van der Waals surface area contributed by atoms with Crippen molar-refractivity contribution in [2.75, 3.05) is 20.3 Å². The van der Waals surface area contributed by atoms with Crippen molar-refractivity contribution in [3.05, 3.63) is 0 Å². The molecule has 0 aliphatic heterocycles. The van der Waals surface area contributed by atoms with E-state index < -0.39 is 5.54 Å². The van der Waals surface area contributed by atoms with E-state index in [1.807, 2.05) is 13.8 Å². The fraction of sp³-hybridized carbons (Fsp3) is 0.917. The van der Waals surface area contributed by atoms with E-state index in [1.165, 1.54) is 0 Å². The molecule has 16 heavy (non-hydrogen) atoms. The number of hydrogen-bond donors (Lipinski definition) is 1. The van der Waals surface area contributed by atoms with Crippen LogP contribution in [0.5, 0.6) is 0 Å². The predicted molar refractivity (Wildman–Crippen MR) is 61.8 cm³/mol. The Kier molecular flexibility index (Phi) is 4.31. The summed E-state index contributed by atoms with van der Waals surface area (Å²) in [5.74, 6) is 0.327. The molecule has 0 bridgehead atoms. The van der Waals surface area contributed by atoms with Crippen LogP contribution < -0.4 is 5.73 Å². The van der Waals surface area contributed by atoms with E-state index in [4.69, 9.17) is 20.5 Å². The Balaban J connectivity index is 2.22. The fourth-order valence-electron chi connectivity index (χ4n) is 1.50. The first-order valence-electron chi connectivity index (χ1n) is 5.76. The lowest BCUT2D eigenvalue weighted by Crippen LogP contribution is -2.45. The highest BCUT2D eigenvalue weighted by molar-refractivity contribution is 5.13. The van der Waals surface area contributed by atoms with Crippen LogP contribution in [-0.4, -0.2) is 31.5 Å². The maximum Gasteiger partial charge on any atom is 0.130 e. The minimum atomic E-state index is -0.781. The van der Waals surface area contributed by atoms with Gasteiger partial charge in [0, 0.05) is 13.7 Å². The van der Waals surface area contributed by atoms with Gasteiger partial charge in [-0.15, -0.1) is 0 Å². The number of methoxy groups -OCH3 is 1. The topological polar surface area (TPSA) is 68.3 Å². The molecule has 0 aromatic rings. The summed E-state index contributed by atoms with van der Waals surface area (Å²) in [5, 5.41) is 9.02.